The molecule has 0 unspecified atom stereocenters. The molecule has 2 nitrogen and oxygen atoms in total. The monoisotopic (exact) mass is 173 g/mol. The molecule has 0 spiro atoms. The van der Waals surface area contributed by atoms with Crippen LogP contribution in [0.15, 0.2) is 0 Å². The minimum atomic E-state index is 0.713. The molecule has 0 aliphatic carbocycles. The van der Waals surface area contributed by atoms with Gasteiger partial charge >= 0.3 is 0 Å². The summed E-state index contributed by atoms with van der Waals surface area (Å²) in [4.78, 5) is 2.36. The van der Waals surface area contributed by atoms with Crippen LogP contribution >= 0.6 is 0 Å². The van der Waals surface area contributed by atoms with Crippen LogP contribution in [-0.2, 0) is 4.74 Å². The fraction of sp³-hybridized carbons (Fsp3) is 1.00. The lowest BCUT2D eigenvalue weighted by molar-refractivity contribution is -0.0557. The third kappa shape index (κ3) is 4.73. The van der Waals surface area contributed by atoms with Crippen molar-refractivity contribution in [2.24, 2.45) is 0 Å². The summed E-state index contributed by atoms with van der Waals surface area (Å²) in [6.45, 7) is 9.54. The van der Waals surface area contributed by atoms with Crippen molar-refractivity contribution in [2.45, 2.75) is 39.7 Å². The fourth-order valence-corrected chi connectivity index (χ4v) is 1.01. The molecule has 0 aromatic heterocycles. The van der Waals surface area contributed by atoms with E-state index in [4.69, 9.17) is 4.74 Å². The molecule has 1 heterocycles. The number of hydrogen-bond donors (Lipinski definition) is 0. The Kier molecular flexibility index (Phi) is 7.51. The van der Waals surface area contributed by atoms with E-state index in [0.717, 1.165) is 13.2 Å². The van der Waals surface area contributed by atoms with Crippen LogP contribution in [0.1, 0.15) is 33.6 Å². The maximum Gasteiger partial charge on any atom is 0.0645 e. The van der Waals surface area contributed by atoms with Crippen molar-refractivity contribution in [3.8, 4) is 0 Å². The Hall–Kier alpha value is -0.0800. The lowest BCUT2D eigenvalue weighted by atomic mass is 10.2. The van der Waals surface area contributed by atoms with Crippen LogP contribution in [0.25, 0.3) is 0 Å². The molecule has 74 valence electrons. The van der Waals surface area contributed by atoms with Gasteiger partial charge in [-0.05, 0) is 20.0 Å². The highest BCUT2D eigenvalue weighted by atomic mass is 16.5. The standard InChI is InChI=1S/C7H15NO.C3H8/c1-3-4-8(2)7-5-9-6-7;1-3-2/h7H,3-6H2,1-2H3;3H2,1-2H3. The molecule has 2 heteroatoms. The van der Waals surface area contributed by atoms with Crippen LogP contribution in [0.2, 0.25) is 0 Å². The number of ether oxygens (including phenoxy) is 1. The molecule has 0 aromatic carbocycles. The first-order chi connectivity index (χ1) is 5.76. The predicted molar refractivity (Wildman–Crippen MR) is 53.5 cm³/mol. The molecule has 0 radical (unpaired) electrons. The van der Waals surface area contributed by atoms with Crippen molar-refractivity contribution >= 4 is 0 Å². The minimum Gasteiger partial charge on any atom is -0.378 e. The SMILES string of the molecule is CCC.CCCN(C)C1COC1. The fourth-order valence-electron chi connectivity index (χ4n) is 1.01. The minimum absolute atomic E-state index is 0.713. The summed E-state index contributed by atoms with van der Waals surface area (Å²) < 4.78 is 5.06. The zero-order valence-electron chi connectivity index (χ0n) is 8.97. The first kappa shape index (κ1) is 11.9. The molecule has 1 aliphatic rings. The van der Waals surface area contributed by atoms with E-state index in [9.17, 15) is 0 Å². The first-order valence-electron chi connectivity index (χ1n) is 5.04. The summed E-state index contributed by atoms with van der Waals surface area (Å²) in [7, 11) is 2.16. The first-order valence-corrected chi connectivity index (χ1v) is 5.04. The summed E-state index contributed by atoms with van der Waals surface area (Å²) in [5.74, 6) is 0. The number of hydrogen-bond acceptors (Lipinski definition) is 2. The Bertz CT molecular complexity index is 91.8. The van der Waals surface area contributed by atoms with E-state index in [1.807, 2.05) is 0 Å². The second-order valence-electron chi connectivity index (χ2n) is 3.38. The quantitative estimate of drug-likeness (QED) is 0.648. The Morgan fingerprint density at radius 1 is 1.25 bits per heavy atom. The summed E-state index contributed by atoms with van der Waals surface area (Å²) in [5.41, 5.74) is 0. The summed E-state index contributed by atoms with van der Waals surface area (Å²) >= 11 is 0. The van der Waals surface area contributed by atoms with E-state index in [1.54, 1.807) is 0 Å². The predicted octanol–water partition coefficient (Wildman–Crippen LogP) is 2.14. The summed E-state index contributed by atoms with van der Waals surface area (Å²) in [6.07, 6.45) is 2.49. The molecule has 1 saturated heterocycles. The van der Waals surface area contributed by atoms with E-state index in [1.165, 1.54) is 19.4 Å². The van der Waals surface area contributed by atoms with Gasteiger partial charge in [0.25, 0.3) is 0 Å². The van der Waals surface area contributed by atoms with E-state index >= 15 is 0 Å². The number of nitrogens with zero attached hydrogens (tertiary/aromatic N) is 1. The normalized spacial score (nSPS) is 16.8. The Morgan fingerprint density at radius 2 is 1.75 bits per heavy atom. The average molecular weight is 173 g/mol. The van der Waals surface area contributed by atoms with Crippen LogP contribution < -0.4 is 0 Å². The van der Waals surface area contributed by atoms with E-state index < -0.39 is 0 Å². The van der Waals surface area contributed by atoms with Crippen molar-refractivity contribution in [3.63, 3.8) is 0 Å². The lowest BCUT2D eigenvalue weighted by Gasteiger charge is -2.34. The molecular formula is C10H23NO. The Balaban J connectivity index is 0.000000354. The molecule has 0 bridgehead atoms. The van der Waals surface area contributed by atoms with Gasteiger partial charge in [0.15, 0.2) is 0 Å². The molecule has 1 fully saturated rings. The molecule has 12 heavy (non-hydrogen) atoms. The maximum absolute atomic E-state index is 5.06. The van der Waals surface area contributed by atoms with Gasteiger partial charge in [-0.25, -0.2) is 0 Å². The third-order valence-corrected chi connectivity index (χ3v) is 1.82. The van der Waals surface area contributed by atoms with E-state index in [-0.39, 0.29) is 0 Å². The average Bonchev–Trinajstić information content (AvgIpc) is 1.85. The van der Waals surface area contributed by atoms with Gasteiger partial charge in [0.1, 0.15) is 0 Å². The highest BCUT2D eigenvalue weighted by Gasteiger charge is 2.21. The molecule has 0 saturated carbocycles. The van der Waals surface area contributed by atoms with E-state index in [2.05, 4.69) is 32.7 Å². The number of rotatable bonds is 3. The lowest BCUT2D eigenvalue weighted by Crippen LogP contribution is -2.47. The summed E-state index contributed by atoms with van der Waals surface area (Å²) in [6, 6.07) is 0.713. The zero-order chi connectivity index (χ0) is 9.40. The molecule has 0 amide bonds. The van der Waals surface area contributed by atoms with E-state index in [0.29, 0.717) is 6.04 Å². The topological polar surface area (TPSA) is 12.5 Å². The van der Waals surface area contributed by atoms with Gasteiger partial charge in [0, 0.05) is 0 Å². The van der Waals surface area contributed by atoms with Crippen LogP contribution in [0, 0.1) is 0 Å². The zero-order valence-corrected chi connectivity index (χ0v) is 8.97. The van der Waals surface area contributed by atoms with Gasteiger partial charge in [-0.2, -0.15) is 0 Å². The largest absolute Gasteiger partial charge is 0.378 e. The number of likely N-dealkylation sites (N-methyl/N-ethyl adjacent to an activating group) is 1. The van der Waals surface area contributed by atoms with Crippen molar-refractivity contribution in [1.82, 2.24) is 4.90 Å². The molecule has 1 aliphatic heterocycles. The highest BCUT2D eigenvalue weighted by Crippen LogP contribution is 2.07. The molecule has 0 atom stereocenters. The van der Waals surface area contributed by atoms with Crippen molar-refractivity contribution in [3.05, 3.63) is 0 Å². The Labute approximate surface area is 76.9 Å². The molecule has 1 rings (SSSR count). The van der Waals surface area contributed by atoms with Crippen molar-refractivity contribution in [2.75, 3.05) is 26.8 Å². The third-order valence-electron chi connectivity index (χ3n) is 1.82. The van der Waals surface area contributed by atoms with Crippen LogP contribution in [0.4, 0.5) is 0 Å². The van der Waals surface area contributed by atoms with Gasteiger partial charge in [0.2, 0.25) is 0 Å². The Morgan fingerprint density at radius 3 is 2.00 bits per heavy atom. The van der Waals surface area contributed by atoms with Crippen LogP contribution in [0.3, 0.4) is 0 Å². The van der Waals surface area contributed by atoms with Gasteiger partial charge in [-0.3, -0.25) is 4.90 Å². The molecular weight excluding hydrogens is 150 g/mol. The van der Waals surface area contributed by atoms with Gasteiger partial charge in [-0.15, -0.1) is 0 Å². The van der Waals surface area contributed by atoms with Gasteiger partial charge in [-0.1, -0.05) is 27.2 Å². The summed E-state index contributed by atoms with van der Waals surface area (Å²) in [5, 5.41) is 0. The van der Waals surface area contributed by atoms with Gasteiger partial charge in [0.05, 0.1) is 19.3 Å². The molecule has 0 N–H and O–H groups in total. The maximum atomic E-state index is 5.06. The van der Waals surface area contributed by atoms with Crippen molar-refractivity contribution < 1.29 is 4.74 Å². The highest BCUT2D eigenvalue weighted by molar-refractivity contribution is 4.73. The molecule has 0 aromatic rings. The smallest absolute Gasteiger partial charge is 0.0645 e. The van der Waals surface area contributed by atoms with Gasteiger partial charge < -0.3 is 4.74 Å². The van der Waals surface area contributed by atoms with Crippen LogP contribution in [-0.4, -0.2) is 37.7 Å². The van der Waals surface area contributed by atoms with Crippen molar-refractivity contribution in [1.29, 1.82) is 0 Å². The second kappa shape index (κ2) is 7.56. The van der Waals surface area contributed by atoms with Crippen LogP contribution in [0.5, 0.6) is 0 Å². The second-order valence-corrected chi connectivity index (χ2v) is 3.38.